The van der Waals surface area contributed by atoms with Gasteiger partial charge in [0.1, 0.15) is 0 Å². The molecule has 0 rings (SSSR count). The van der Waals surface area contributed by atoms with E-state index in [0.717, 1.165) is 11.0 Å². The first kappa shape index (κ1) is 17.4. The van der Waals surface area contributed by atoms with Crippen molar-refractivity contribution in [1.82, 2.24) is 0 Å². The molecule has 0 fully saturated rings. The van der Waals surface area contributed by atoms with Gasteiger partial charge in [0, 0.05) is 12.4 Å². The van der Waals surface area contributed by atoms with Gasteiger partial charge in [0.05, 0.1) is 27.2 Å². The Kier molecular flexibility index (Phi) is 10.0. The second kappa shape index (κ2) is 10.4. The summed E-state index contributed by atoms with van der Waals surface area (Å²) < 4.78 is 0.795. The van der Waals surface area contributed by atoms with Gasteiger partial charge in [-0.05, 0) is 12.8 Å². The standard InChI is InChI=1S/C15H31NO2/c1-4-5-6-7-8-9-10-11-13-16(2,3)14-12-15(17)18/h4-14H2,1-3H3. The minimum Gasteiger partial charge on any atom is -0.550 e. The van der Waals surface area contributed by atoms with E-state index in [2.05, 4.69) is 21.0 Å². The van der Waals surface area contributed by atoms with Crippen LogP contribution in [0.4, 0.5) is 0 Å². The minimum absolute atomic E-state index is 0.171. The molecular formula is C15H31NO2. The van der Waals surface area contributed by atoms with E-state index in [-0.39, 0.29) is 6.42 Å². The summed E-state index contributed by atoms with van der Waals surface area (Å²) in [6.45, 7) is 3.99. The number of aliphatic carboxylic acids is 1. The first-order chi connectivity index (χ1) is 8.48. The van der Waals surface area contributed by atoms with Gasteiger partial charge in [-0.3, -0.25) is 0 Å². The Morgan fingerprint density at radius 1 is 0.889 bits per heavy atom. The van der Waals surface area contributed by atoms with Crippen molar-refractivity contribution >= 4 is 5.97 Å². The molecule has 0 aliphatic rings. The molecule has 0 spiro atoms. The van der Waals surface area contributed by atoms with E-state index in [1.165, 1.54) is 51.4 Å². The number of carbonyl (C=O) groups excluding carboxylic acids is 1. The Hall–Kier alpha value is -0.570. The van der Waals surface area contributed by atoms with Crippen molar-refractivity contribution in [3.8, 4) is 0 Å². The lowest BCUT2D eigenvalue weighted by atomic mass is 10.1. The molecule has 0 atom stereocenters. The smallest absolute Gasteiger partial charge is 0.0835 e. The fourth-order valence-corrected chi connectivity index (χ4v) is 2.18. The molecule has 108 valence electrons. The second-order valence-corrected chi connectivity index (χ2v) is 5.98. The van der Waals surface area contributed by atoms with Crippen LogP contribution in [-0.4, -0.2) is 37.6 Å². The van der Waals surface area contributed by atoms with E-state index in [9.17, 15) is 9.90 Å². The first-order valence-electron chi connectivity index (χ1n) is 7.50. The molecule has 0 unspecified atom stereocenters. The lowest BCUT2D eigenvalue weighted by Crippen LogP contribution is -2.43. The predicted octanol–water partition coefficient (Wildman–Crippen LogP) is 2.34. The third-order valence-electron chi connectivity index (χ3n) is 3.54. The zero-order valence-corrected chi connectivity index (χ0v) is 12.5. The molecule has 3 heteroatoms. The molecule has 18 heavy (non-hydrogen) atoms. The second-order valence-electron chi connectivity index (χ2n) is 5.98. The topological polar surface area (TPSA) is 40.1 Å². The fraction of sp³-hybridized carbons (Fsp3) is 0.933. The number of hydrogen-bond donors (Lipinski definition) is 0. The van der Waals surface area contributed by atoms with Gasteiger partial charge in [-0.2, -0.15) is 0 Å². The number of hydrogen-bond acceptors (Lipinski definition) is 2. The molecule has 0 aromatic carbocycles. The summed E-state index contributed by atoms with van der Waals surface area (Å²) in [6.07, 6.45) is 10.8. The van der Waals surface area contributed by atoms with Crippen LogP contribution >= 0.6 is 0 Å². The SMILES string of the molecule is CCCCCCCCCC[N+](C)(C)CCC(=O)[O-]. The Labute approximate surface area is 113 Å². The van der Waals surface area contributed by atoms with Crippen LogP contribution in [0.2, 0.25) is 0 Å². The van der Waals surface area contributed by atoms with E-state index in [4.69, 9.17) is 0 Å². The maximum atomic E-state index is 10.4. The average molecular weight is 257 g/mol. The lowest BCUT2D eigenvalue weighted by molar-refractivity contribution is -0.890. The highest BCUT2D eigenvalue weighted by Crippen LogP contribution is 2.10. The molecule has 0 saturated heterocycles. The third-order valence-corrected chi connectivity index (χ3v) is 3.54. The highest BCUT2D eigenvalue weighted by atomic mass is 16.4. The van der Waals surface area contributed by atoms with Gasteiger partial charge in [0.2, 0.25) is 0 Å². The summed E-state index contributed by atoms with van der Waals surface area (Å²) in [5, 5.41) is 10.4. The first-order valence-corrected chi connectivity index (χ1v) is 7.50. The van der Waals surface area contributed by atoms with Crippen molar-refractivity contribution in [2.45, 2.75) is 64.7 Å². The number of unbranched alkanes of at least 4 members (excludes halogenated alkanes) is 7. The quantitative estimate of drug-likeness (QED) is 0.398. The van der Waals surface area contributed by atoms with Gasteiger partial charge < -0.3 is 14.4 Å². The molecular weight excluding hydrogens is 226 g/mol. The van der Waals surface area contributed by atoms with Crippen molar-refractivity contribution < 1.29 is 14.4 Å². The predicted molar refractivity (Wildman–Crippen MR) is 74.1 cm³/mol. The number of carboxylic acids is 1. The molecule has 0 saturated carbocycles. The van der Waals surface area contributed by atoms with E-state index in [1.54, 1.807) is 0 Å². The van der Waals surface area contributed by atoms with Crippen LogP contribution in [0.1, 0.15) is 64.7 Å². The molecule has 0 aliphatic heterocycles. The van der Waals surface area contributed by atoms with Crippen LogP contribution in [0.5, 0.6) is 0 Å². The lowest BCUT2D eigenvalue weighted by Gasteiger charge is -2.30. The fourth-order valence-electron chi connectivity index (χ4n) is 2.18. The van der Waals surface area contributed by atoms with Crippen molar-refractivity contribution in [3.05, 3.63) is 0 Å². The van der Waals surface area contributed by atoms with E-state index in [0.29, 0.717) is 6.54 Å². The van der Waals surface area contributed by atoms with Crippen LogP contribution in [0.25, 0.3) is 0 Å². The van der Waals surface area contributed by atoms with Crippen molar-refractivity contribution in [3.63, 3.8) is 0 Å². The van der Waals surface area contributed by atoms with Gasteiger partial charge in [-0.1, -0.05) is 45.4 Å². The van der Waals surface area contributed by atoms with Crippen molar-refractivity contribution in [2.24, 2.45) is 0 Å². The number of rotatable bonds is 12. The van der Waals surface area contributed by atoms with Gasteiger partial charge in [0.15, 0.2) is 0 Å². The van der Waals surface area contributed by atoms with Gasteiger partial charge in [-0.15, -0.1) is 0 Å². The molecule has 0 aromatic heterocycles. The molecule has 0 radical (unpaired) electrons. The van der Waals surface area contributed by atoms with Crippen molar-refractivity contribution in [2.75, 3.05) is 27.2 Å². The number of nitrogens with zero attached hydrogens (tertiary/aromatic N) is 1. The number of carbonyl (C=O) groups is 1. The van der Waals surface area contributed by atoms with Crippen LogP contribution in [0.3, 0.4) is 0 Å². The Morgan fingerprint density at radius 3 is 1.89 bits per heavy atom. The van der Waals surface area contributed by atoms with Gasteiger partial charge in [-0.25, -0.2) is 0 Å². The molecule has 0 aromatic rings. The maximum Gasteiger partial charge on any atom is 0.0835 e. The van der Waals surface area contributed by atoms with Crippen LogP contribution in [-0.2, 0) is 4.79 Å². The summed E-state index contributed by atoms with van der Waals surface area (Å²) in [5.41, 5.74) is 0. The zero-order chi connectivity index (χ0) is 13.9. The molecule has 0 amide bonds. The Morgan fingerprint density at radius 2 is 1.39 bits per heavy atom. The largest absolute Gasteiger partial charge is 0.550 e. The summed E-state index contributed by atoms with van der Waals surface area (Å²) in [6, 6.07) is 0. The number of carboxylic acid groups (broad SMARTS) is 1. The Bertz CT molecular complexity index is 215. The van der Waals surface area contributed by atoms with Gasteiger partial charge in [0.25, 0.3) is 0 Å². The maximum absolute atomic E-state index is 10.4. The zero-order valence-electron chi connectivity index (χ0n) is 12.5. The molecule has 0 bridgehead atoms. The monoisotopic (exact) mass is 257 g/mol. The highest BCUT2D eigenvalue weighted by molar-refractivity contribution is 5.64. The van der Waals surface area contributed by atoms with E-state index in [1.807, 2.05) is 0 Å². The minimum atomic E-state index is -0.933. The molecule has 0 heterocycles. The third kappa shape index (κ3) is 11.9. The summed E-state index contributed by atoms with van der Waals surface area (Å²) in [7, 11) is 4.20. The molecule has 3 nitrogen and oxygen atoms in total. The van der Waals surface area contributed by atoms with E-state index >= 15 is 0 Å². The van der Waals surface area contributed by atoms with Crippen LogP contribution in [0.15, 0.2) is 0 Å². The Balaban J connectivity index is 3.38. The summed E-state index contributed by atoms with van der Waals surface area (Å²) in [5.74, 6) is -0.933. The van der Waals surface area contributed by atoms with Crippen molar-refractivity contribution in [1.29, 1.82) is 0 Å². The average Bonchev–Trinajstić information content (AvgIpc) is 2.30. The highest BCUT2D eigenvalue weighted by Gasteiger charge is 2.13. The molecule has 0 N–H and O–H groups in total. The summed E-state index contributed by atoms with van der Waals surface area (Å²) >= 11 is 0. The van der Waals surface area contributed by atoms with Crippen LogP contribution < -0.4 is 5.11 Å². The van der Waals surface area contributed by atoms with Gasteiger partial charge >= 0.3 is 0 Å². The van der Waals surface area contributed by atoms with E-state index < -0.39 is 5.97 Å². The molecule has 0 aliphatic carbocycles. The number of quaternary nitrogens is 1. The normalized spacial score (nSPS) is 11.7. The van der Waals surface area contributed by atoms with Crippen LogP contribution in [0, 0.1) is 0 Å². The summed E-state index contributed by atoms with van der Waals surface area (Å²) in [4.78, 5) is 10.4.